The second-order valence-corrected chi connectivity index (χ2v) is 7.71. The van der Waals surface area contributed by atoms with Crippen LogP contribution in [0.5, 0.6) is 0 Å². The molecule has 1 fully saturated rings. The van der Waals surface area contributed by atoms with Crippen LogP contribution in [0.3, 0.4) is 0 Å². The van der Waals surface area contributed by atoms with E-state index < -0.39 is 0 Å². The molecule has 1 aromatic heterocycles. The van der Waals surface area contributed by atoms with Crippen LogP contribution < -0.4 is 0 Å². The van der Waals surface area contributed by atoms with Gasteiger partial charge in [0.1, 0.15) is 5.82 Å². The molecule has 1 heterocycles. The molecule has 4 nitrogen and oxygen atoms in total. The first-order valence-corrected chi connectivity index (χ1v) is 9.97. The standard InChI is InChI=1S/C23H25FN2O2/c24-20-10-8-19(9-11-20)23(13-2-1-3-14-23)15-12-21-25-22(26-28-21)18-6-4-17(16-27)5-7-18/h4-11,27H,1-3,12-16H2. The zero-order chi connectivity index (χ0) is 19.4. The summed E-state index contributed by atoms with van der Waals surface area (Å²) >= 11 is 0. The van der Waals surface area contributed by atoms with Crippen LogP contribution >= 0.6 is 0 Å². The Morgan fingerprint density at radius 2 is 1.68 bits per heavy atom. The van der Waals surface area contributed by atoms with Gasteiger partial charge in [-0.2, -0.15) is 4.98 Å². The highest BCUT2D eigenvalue weighted by molar-refractivity contribution is 5.54. The lowest BCUT2D eigenvalue weighted by molar-refractivity contribution is 0.261. The third-order valence-corrected chi connectivity index (χ3v) is 5.95. The molecule has 28 heavy (non-hydrogen) atoms. The van der Waals surface area contributed by atoms with Crippen molar-refractivity contribution in [1.82, 2.24) is 10.1 Å². The number of hydrogen-bond donors (Lipinski definition) is 1. The average molecular weight is 380 g/mol. The minimum absolute atomic E-state index is 0.0171. The van der Waals surface area contributed by atoms with Gasteiger partial charge in [0, 0.05) is 12.0 Å². The van der Waals surface area contributed by atoms with Crippen molar-refractivity contribution >= 4 is 0 Å². The van der Waals surface area contributed by atoms with Crippen molar-refractivity contribution < 1.29 is 14.0 Å². The molecule has 0 spiro atoms. The first-order valence-electron chi connectivity index (χ1n) is 9.97. The van der Waals surface area contributed by atoms with Gasteiger partial charge in [-0.1, -0.05) is 60.8 Å². The van der Waals surface area contributed by atoms with Gasteiger partial charge in [0.05, 0.1) is 6.61 Å². The van der Waals surface area contributed by atoms with E-state index in [9.17, 15) is 4.39 Å². The van der Waals surface area contributed by atoms with E-state index in [0.29, 0.717) is 18.1 Å². The number of hydrogen-bond acceptors (Lipinski definition) is 4. The van der Waals surface area contributed by atoms with Gasteiger partial charge in [-0.05, 0) is 47.9 Å². The zero-order valence-electron chi connectivity index (χ0n) is 15.9. The SMILES string of the molecule is OCc1ccc(-c2noc(CCC3(c4ccc(F)cc4)CCCCC3)n2)cc1. The lowest BCUT2D eigenvalue weighted by Gasteiger charge is -2.38. The van der Waals surface area contributed by atoms with Crippen LogP contribution in [0.1, 0.15) is 55.5 Å². The first kappa shape index (κ1) is 18.8. The van der Waals surface area contributed by atoms with E-state index in [1.807, 2.05) is 36.4 Å². The van der Waals surface area contributed by atoms with E-state index in [-0.39, 0.29) is 17.8 Å². The highest BCUT2D eigenvalue weighted by Crippen LogP contribution is 2.43. The van der Waals surface area contributed by atoms with Crippen LogP contribution in [0.15, 0.2) is 53.1 Å². The summed E-state index contributed by atoms with van der Waals surface area (Å²) in [5, 5.41) is 13.3. The predicted octanol–water partition coefficient (Wildman–Crippen LogP) is 5.20. The molecule has 2 aromatic carbocycles. The molecule has 0 saturated heterocycles. The molecule has 1 N–H and O–H groups in total. The summed E-state index contributed by atoms with van der Waals surface area (Å²) in [6.07, 6.45) is 7.51. The molecule has 0 atom stereocenters. The van der Waals surface area contributed by atoms with Crippen LogP contribution in [0.4, 0.5) is 4.39 Å². The minimum atomic E-state index is -0.191. The fourth-order valence-corrected chi connectivity index (χ4v) is 4.29. The van der Waals surface area contributed by atoms with Gasteiger partial charge in [0.15, 0.2) is 0 Å². The number of aliphatic hydroxyl groups is 1. The molecule has 4 rings (SSSR count). The Labute approximate surface area is 164 Å². The van der Waals surface area contributed by atoms with Gasteiger partial charge in [-0.15, -0.1) is 0 Å². The second kappa shape index (κ2) is 8.23. The van der Waals surface area contributed by atoms with Crippen molar-refractivity contribution in [2.45, 2.75) is 57.0 Å². The maximum atomic E-state index is 13.4. The number of aromatic nitrogens is 2. The van der Waals surface area contributed by atoms with E-state index in [0.717, 1.165) is 30.4 Å². The molecule has 3 aromatic rings. The Balaban J connectivity index is 1.50. The fraction of sp³-hybridized carbons (Fsp3) is 0.391. The summed E-state index contributed by atoms with van der Waals surface area (Å²) < 4.78 is 18.9. The number of nitrogens with zero attached hydrogens (tertiary/aromatic N) is 2. The largest absolute Gasteiger partial charge is 0.392 e. The summed E-state index contributed by atoms with van der Waals surface area (Å²) in [5.74, 6) is 1.01. The summed E-state index contributed by atoms with van der Waals surface area (Å²) in [4.78, 5) is 4.56. The summed E-state index contributed by atoms with van der Waals surface area (Å²) in [6, 6.07) is 14.5. The van der Waals surface area contributed by atoms with Crippen molar-refractivity contribution in [1.29, 1.82) is 0 Å². The van der Waals surface area contributed by atoms with E-state index in [1.165, 1.54) is 24.8 Å². The van der Waals surface area contributed by atoms with E-state index in [1.54, 1.807) is 12.1 Å². The minimum Gasteiger partial charge on any atom is -0.392 e. The van der Waals surface area contributed by atoms with E-state index in [4.69, 9.17) is 9.63 Å². The van der Waals surface area contributed by atoms with Crippen molar-refractivity contribution in [2.24, 2.45) is 0 Å². The van der Waals surface area contributed by atoms with Crippen molar-refractivity contribution in [3.8, 4) is 11.4 Å². The molecule has 1 saturated carbocycles. The highest BCUT2D eigenvalue weighted by Gasteiger charge is 2.34. The molecule has 1 aliphatic rings. The quantitative estimate of drug-likeness (QED) is 0.638. The number of benzene rings is 2. The average Bonchev–Trinajstić information content (AvgIpc) is 3.23. The fourth-order valence-electron chi connectivity index (χ4n) is 4.29. The number of aryl methyl sites for hydroxylation is 1. The smallest absolute Gasteiger partial charge is 0.226 e. The Bertz CT molecular complexity index is 897. The third-order valence-electron chi connectivity index (χ3n) is 5.95. The summed E-state index contributed by atoms with van der Waals surface area (Å²) in [6.45, 7) is 0.0171. The van der Waals surface area contributed by atoms with Crippen molar-refractivity contribution in [3.63, 3.8) is 0 Å². The Morgan fingerprint density at radius 1 is 0.964 bits per heavy atom. The molecule has 0 aliphatic heterocycles. The van der Waals surface area contributed by atoms with Crippen molar-refractivity contribution in [3.05, 3.63) is 71.4 Å². The van der Waals surface area contributed by atoms with Crippen LogP contribution in [-0.2, 0) is 18.4 Å². The molecule has 146 valence electrons. The molecule has 0 bridgehead atoms. The molecule has 1 aliphatic carbocycles. The van der Waals surface area contributed by atoms with Gasteiger partial charge in [-0.25, -0.2) is 4.39 Å². The van der Waals surface area contributed by atoms with Crippen molar-refractivity contribution in [2.75, 3.05) is 0 Å². The molecule has 5 heteroatoms. The lowest BCUT2D eigenvalue weighted by Crippen LogP contribution is -2.29. The maximum absolute atomic E-state index is 13.4. The molecule has 0 amide bonds. The van der Waals surface area contributed by atoms with Crippen LogP contribution in [0.2, 0.25) is 0 Å². The Kier molecular flexibility index (Phi) is 5.53. The normalized spacial score (nSPS) is 16.2. The summed E-state index contributed by atoms with van der Waals surface area (Å²) in [5.41, 5.74) is 3.00. The van der Waals surface area contributed by atoms with Gasteiger partial charge in [0.25, 0.3) is 0 Å². The third kappa shape index (κ3) is 3.99. The van der Waals surface area contributed by atoms with Gasteiger partial charge in [0.2, 0.25) is 11.7 Å². The van der Waals surface area contributed by atoms with Gasteiger partial charge >= 0.3 is 0 Å². The van der Waals surface area contributed by atoms with Gasteiger partial charge in [-0.3, -0.25) is 0 Å². The van der Waals surface area contributed by atoms with Gasteiger partial charge < -0.3 is 9.63 Å². The van der Waals surface area contributed by atoms with Crippen LogP contribution in [0.25, 0.3) is 11.4 Å². The molecular formula is C23H25FN2O2. The molecular weight excluding hydrogens is 355 g/mol. The number of aliphatic hydroxyl groups excluding tert-OH is 1. The van der Waals surface area contributed by atoms with Crippen LogP contribution in [-0.4, -0.2) is 15.2 Å². The topological polar surface area (TPSA) is 59.2 Å². The lowest BCUT2D eigenvalue weighted by atomic mass is 9.67. The number of rotatable bonds is 6. The summed E-state index contributed by atoms with van der Waals surface area (Å²) in [7, 11) is 0. The Hall–Kier alpha value is -2.53. The van der Waals surface area contributed by atoms with Crippen LogP contribution in [0, 0.1) is 5.82 Å². The zero-order valence-corrected chi connectivity index (χ0v) is 15.9. The Morgan fingerprint density at radius 3 is 2.36 bits per heavy atom. The van der Waals surface area contributed by atoms with E-state index >= 15 is 0 Å². The highest BCUT2D eigenvalue weighted by atomic mass is 19.1. The molecule has 0 radical (unpaired) electrons. The monoisotopic (exact) mass is 380 g/mol. The first-order chi connectivity index (χ1) is 13.7. The van der Waals surface area contributed by atoms with E-state index in [2.05, 4.69) is 10.1 Å². The second-order valence-electron chi connectivity index (χ2n) is 7.71. The number of halogens is 1. The predicted molar refractivity (Wildman–Crippen MR) is 105 cm³/mol. The molecule has 0 unspecified atom stereocenters. The maximum Gasteiger partial charge on any atom is 0.226 e.